The molecule has 0 atom stereocenters. The molecule has 0 aromatic heterocycles. The van der Waals surface area contributed by atoms with Gasteiger partial charge in [0.15, 0.2) is 0 Å². The number of benzene rings is 10. The van der Waals surface area contributed by atoms with E-state index in [4.69, 9.17) is 0 Å². The summed E-state index contributed by atoms with van der Waals surface area (Å²) in [6, 6.07) is 85.0. The van der Waals surface area contributed by atoms with Gasteiger partial charge in [0.25, 0.3) is 0 Å². The highest BCUT2D eigenvalue weighted by Gasteiger charge is 2.52. The third kappa shape index (κ3) is 5.11. The molecule has 0 saturated carbocycles. The Morgan fingerprint density at radius 1 is 0.265 bits per heavy atom. The van der Waals surface area contributed by atoms with Crippen LogP contribution in [0.2, 0.25) is 0 Å². The van der Waals surface area contributed by atoms with Crippen molar-refractivity contribution in [2.75, 3.05) is 4.90 Å². The minimum atomic E-state index is -0.464. The zero-order chi connectivity index (χ0) is 45.5. The second-order valence-electron chi connectivity index (χ2n) is 20.3. The van der Waals surface area contributed by atoms with Crippen LogP contribution in [0.3, 0.4) is 0 Å². The first-order valence-electron chi connectivity index (χ1n) is 24.2. The minimum Gasteiger partial charge on any atom is -0.310 e. The summed E-state index contributed by atoms with van der Waals surface area (Å²) >= 11 is 0. The van der Waals surface area contributed by atoms with Crippen molar-refractivity contribution in [2.45, 2.75) is 43.9 Å². The molecule has 322 valence electrons. The molecule has 14 rings (SSSR count). The van der Waals surface area contributed by atoms with Crippen molar-refractivity contribution in [3.05, 3.63) is 269 Å². The van der Waals surface area contributed by atoms with E-state index in [-0.39, 0.29) is 10.8 Å². The first kappa shape index (κ1) is 39.2. The van der Waals surface area contributed by atoms with Crippen LogP contribution >= 0.6 is 0 Å². The van der Waals surface area contributed by atoms with Crippen LogP contribution in [-0.4, -0.2) is 0 Å². The van der Waals surface area contributed by atoms with Gasteiger partial charge in [-0.05, 0) is 142 Å². The smallest absolute Gasteiger partial charge is 0.0726 e. The number of fused-ring (bicyclic) bond motifs is 16. The van der Waals surface area contributed by atoms with Gasteiger partial charge in [-0.3, -0.25) is 0 Å². The summed E-state index contributed by atoms with van der Waals surface area (Å²) in [7, 11) is 0. The summed E-state index contributed by atoms with van der Waals surface area (Å²) in [6.45, 7) is 9.54. The number of para-hydroxylation sites is 1. The van der Waals surface area contributed by atoms with Gasteiger partial charge in [-0.25, -0.2) is 0 Å². The van der Waals surface area contributed by atoms with E-state index in [0.29, 0.717) is 0 Å². The third-order valence-electron chi connectivity index (χ3n) is 16.3. The number of hydrogen-bond acceptors (Lipinski definition) is 1. The van der Waals surface area contributed by atoms with E-state index in [1.165, 1.54) is 111 Å². The highest BCUT2D eigenvalue weighted by molar-refractivity contribution is 5.98. The lowest BCUT2D eigenvalue weighted by molar-refractivity contribution is 0.660. The van der Waals surface area contributed by atoms with Gasteiger partial charge in [-0.15, -0.1) is 0 Å². The number of hydrogen-bond donors (Lipinski definition) is 0. The topological polar surface area (TPSA) is 3.24 Å². The van der Waals surface area contributed by atoms with Crippen molar-refractivity contribution in [3.63, 3.8) is 0 Å². The van der Waals surface area contributed by atoms with Crippen molar-refractivity contribution in [3.8, 4) is 66.8 Å². The van der Waals surface area contributed by atoms with Crippen molar-refractivity contribution in [2.24, 2.45) is 0 Å². The van der Waals surface area contributed by atoms with Gasteiger partial charge in [0.1, 0.15) is 0 Å². The van der Waals surface area contributed by atoms with Crippen molar-refractivity contribution < 1.29 is 0 Å². The zero-order valence-corrected chi connectivity index (χ0v) is 38.8. The summed E-state index contributed by atoms with van der Waals surface area (Å²) < 4.78 is 0. The second kappa shape index (κ2) is 14.0. The fourth-order valence-corrected chi connectivity index (χ4v) is 13.3. The molecule has 0 unspecified atom stereocenters. The van der Waals surface area contributed by atoms with E-state index >= 15 is 0 Å². The van der Waals surface area contributed by atoms with Gasteiger partial charge in [-0.1, -0.05) is 216 Å². The Hall–Kier alpha value is -8.00. The van der Waals surface area contributed by atoms with Gasteiger partial charge >= 0.3 is 0 Å². The molecule has 4 aliphatic carbocycles. The summed E-state index contributed by atoms with van der Waals surface area (Å²) in [6.07, 6.45) is 0. The Morgan fingerprint density at radius 3 is 1.34 bits per heavy atom. The van der Waals surface area contributed by atoms with E-state index in [1.54, 1.807) is 0 Å². The SMILES string of the molecule is CC1(C)c2ccccc2-c2ccc(-c3ccccc3N(c3cccc(-c4cccc5c4C(C)(C)c4ccccc4-5)c3)c3ccc4c(c3)C3(c5ccccc5-c5ccccc53)c3ccccc3-4)cc21. The predicted octanol–water partition coefficient (Wildman–Crippen LogP) is 17.4. The van der Waals surface area contributed by atoms with Crippen LogP contribution < -0.4 is 4.90 Å². The maximum Gasteiger partial charge on any atom is 0.0726 e. The molecule has 0 aliphatic heterocycles. The molecule has 0 N–H and O–H groups in total. The molecule has 0 heterocycles. The molecular formula is C67H49N. The first-order valence-corrected chi connectivity index (χ1v) is 24.2. The number of rotatable bonds is 5. The third-order valence-corrected chi connectivity index (χ3v) is 16.3. The molecular weight excluding hydrogens is 819 g/mol. The minimum absolute atomic E-state index is 0.120. The average molecular weight is 868 g/mol. The standard InChI is InChI=1S/C67H49N/c1-65(2)56-29-11-5-22-48(56)53-37-35-43(40-61(53)65)46-21-10-16-34-63(46)68(44-20-17-19-42(39-44)47-27-18-28-55-52-26-6-12-30-57(52)66(3,4)64(47)55)45-36-38-54-51-25-9-15-33-60(51)67(62(54)41-45)58-31-13-7-23-49(58)50-24-8-14-32-59(50)67/h5-41H,1-4H3. The molecule has 0 radical (unpaired) electrons. The fraction of sp³-hybridized carbons (Fsp3) is 0.104. The van der Waals surface area contributed by atoms with Crippen LogP contribution in [0.5, 0.6) is 0 Å². The molecule has 4 aliphatic rings. The highest BCUT2D eigenvalue weighted by atomic mass is 15.1. The monoisotopic (exact) mass is 867 g/mol. The van der Waals surface area contributed by atoms with Crippen LogP contribution in [-0.2, 0) is 16.2 Å². The molecule has 1 spiro atoms. The molecule has 68 heavy (non-hydrogen) atoms. The average Bonchev–Trinajstić information content (AvgIpc) is 4.02. The Kier molecular flexibility index (Phi) is 8.08. The molecule has 0 amide bonds. The summed E-state index contributed by atoms with van der Waals surface area (Å²) in [5.74, 6) is 0. The number of anilines is 3. The summed E-state index contributed by atoms with van der Waals surface area (Å²) in [5, 5.41) is 0. The van der Waals surface area contributed by atoms with Gasteiger partial charge in [-0.2, -0.15) is 0 Å². The van der Waals surface area contributed by atoms with E-state index in [9.17, 15) is 0 Å². The van der Waals surface area contributed by atoms with Crippen LogP contribution in [0.4, 0.5) is 17.1 Å². The molecule has 1 nitrogen and oxygen atoms in total. The highest BCUT2D eigenvalue weighted by Crippen LogP contribution is 2.64. The summed E-state index contributed by atoms with van der Waals surface area (Å²) in [5.41, 5.74) is 29.0. The van der Waals surface area contributed by atoms with Crippen LogP contribution in [0, 0.1) is 0 Å². The second-order valence-corrected chi connectivity index (χ2v) is 20.3. The molecule has 0 bridgehead atoms. The van der Waals surface area contributed by atoms with Crippen LogP contribution in [0.25, 0.3) is 66.8 Å². The van der Waals surface area contributed by atoms with E-state index < -0.39 is 5.41 Å². The van der Waals surface area contributed by atoms with Gasteiger partial charge < -0.3 is 4.90 Å². The van der Waals surface area contributed by atoms with Crippen molar-refractivity contribution in [1.82, 2.24) is 0 Å². The van der Waals surface area contributed by atoms with E-state index in [0.717, 1.165) is 17.1 Å². The van der Waals surface area contributed by atoms with E-state index in [2.05, 4.69) is 257 Å². The summed E-state index contributed by atoms with van der Waals surface area (Å²) in [4.78, 5) is 2.54. The largest absolute Gasteiger partial charge is 0.310 e. The molecule has 10 aromatic carbocycles. The molecule has 10 aromatic rings. The Labute approximate surface area is 399 Å². The zero-order valence-electron chi connectivity index (χ0n) is 38.8. The van der Waals surface area contributed by atoms with E-state index in [1.807, 2.05) is 0 Å². The lowest BCUT2D eigenvalue weighted by Gasteiger charge is -2.33. The Bertz CT molecular complexity index is 3700. The van der Waals surface area contributed by atoms with Crippen molar-refractivity contribution in [1.29, 1.82) is 0 Å². The fourth-order valence-electron chi connectivity index (χ4n) is 13.3. The molecule has 0 fully saturated rings. The first-order chi connectivity index (χ1) is 33.3. The maximum absolute atomic E-state index is 2.54. The number of nitrogens with zero attached hydrogens (tertiary/aromatic N) is 1. The van der Waals surface area contributed by atoms with Gasteiger partial charge in [0, 0.05) is 27.8 Å². The lowest BCUT2D eigenvalue weighted by Crippen LogP contribution is -2.26. The van der Waals surface area contributed by atoms with Gasteiger partial charge in [0.05, 0.1) is 11.1 Å². The van der Waals surface area contributed by atoms with Gasteiger partial charge in [0.2, 0.25) is 0 Å². The van der Waals surface area contributed by atoms with Crippen LogP contribution in [0.15, 0.2) is 224 Å². The Morgan fingerprint density at radius 2 is 0.691 bits per heavy atom. The predicted molar refractivity (Wildman–Crippen MR) is 283 cm³/mol. The lowest BCUT2D eigenvalue weighted by atomic mass is 9.70. The quantitative estimate of drug-likeness (QED) is 0.167. The molecule has 1 heteroatoms. The Balaban J connectivity index is 1.01. The van der Waals surface area contributed by atoms with Crippen molar-refractivity contribution >= 4 is 17.1 Å². The normalized spacial score (nSPS) is 15.1. The molecule has 0 saturated heterocycles. The maximum atomic E-state index is 2.54. The van der Waals surface area contributed by atoms with Crippen LogP contribution in [0.1, 0.15) is 72.2 Å².